The molecule has 0 aromatic heterocycles. The third-order valence-corrected chi connectivity index (χ3v) is 5.33. The molecule has 0 spiro atoms. The lowest BCUT2D eigenvalue weighted by molar-refractivity contribution is 0.0601. The minimum absolute atomic E-state index is 0.317. The Labute approximate surface area is 166 Å². The van der Waals surface area contributed by atoms with Crippen molar-refractivity contribution in [2.45, 2.75) is 45.1 Å². The van der Waals surface area contributed by atoms with Crippen LogP contribution >= 0.6 is 23.8 Å². The Morgan fingerprint density at radius 1 is 1.42 bits per heavy atom. The molecule has 1 saturated heterocycles. The summed E-state index contributed by atoms with van der Waals surface area (Å²) in [6, 6.07) is 5.81. The SMILES string of the molecule is CC[C@H]1CCCCN1CCCNC(=S)Nc1ccc(Cl)c(C(=O)OC)c1. The number of rotatable bonds is 7. The molecular formula is C19H28ClN3O2S. The van der Waals surface area contributed by atoms with Crippen LogP contribution in [0.25, 0.3) is 0 Å². The number of hydrogen-bond donors (Lipinski definition) is 2. The zero-order valence-corrected chi connectivity index (χ0v) is 17.1. The molecular weight excluding hydrogens is 370 g/mol. The molecule has 1 heterocycles. The highest BCUT2D eigenvalue weighted by Gasteiger charge is 2.19. The van der Waals surface area contributed by atoms with E-state index in [0.717, 1.165) is 25.6 Å². The maximum Gasteiger partial charge on any atom is 0.339 e. The minimum atomic E-state index is -0.468. The van der Waals surface area contributed by atoms with E-state index in [4.69, 9.17) is 28.6 Å². The Hall–Kier alpha value is -1.37. The number of anilines is 1. The molecule has 0 aliphatic carbocycles. The minimum Gasteiger partial charge on any atom is -0.465 e. The summed E-state index contributed by atoms with van der Waals surface area (Å²) in [5.74, 6) is -0.468. The van der Waals surface area contributed by atoms with Gasteiger partial charge < -0.3 is 20.3 Å². The van der Waals surface area contributed by atoms with Crippen molar-refractivity contribution in [2.24, 2.45) is 0 Å². The summed E-state index contributed by atoms with van der Waals surface area (Å²) in [7, 11) is 1.33. The van der Waals surface area contributed by atoms with Crippen LogP contribution in [-0.4, -0.2) is 48.8 Å². The summed E-state index contributed by atoms with van der Waals surface area (Å²) in [5.41, 5.74) is 1.02. The van der Waals surface area contributed by atoms with Crippen LogP contribution in [0.4, 0.5) is 5.69 Å². The molecule has 1 aromatic rings. The molecule has 1 aromatic carbocycles. The summed E-state index contributed by atoms with van der Waals surface area (Å²) in [6.07, 6.45) is 6.26. The molecule has 2 N–H and O–H groups in total. The maximum absolute atomic E-state index is 11.7. The van der Waals surface area contributed by atoms with Gasteiger partial charge in [0.25, 0.3) is 0 Å². The Bertz CT molecular complexity index is 627. The second-order valence-electron chi connectivity index (χ2n) is 6.51. The quantitative estimate of drug-likeness (QED) is 0.411. The van der Waals surface area contributed by atoms with Gasteiger partial charge in [0.05, 0.1) is 17.7 Å². The van der Waals surface area contributed by atoms with Crippen LogP contribution in [0.1, 0.15) is 49.4 Å². The first-order valence-electron chi connectivity index (χ1n) is 9.22. The van der Waals surface area contributed by atoms with Gasteiger partial charge in [0.15, 0.2) is 5.11 Å². The molecule has 1 atom stereocenters. The van der Waals surface area contributed by atoms with E-state index in [2.05, 4.69) is 22.5 Å². The van der Waals surface area contributed by atoms with E-state index in [1.807, 2.05) is 0 Å². The van der Waals surface area contributed by atoms with Crippen molar-refractivity contribution in [1.82, 2.24) is 10.2 Å². The standard InChI is InChI=1S/C19H28ClN3O2S/c1-3-15-7-4-5-11-23(15)12-6-10-21-19(26)22-14-8-9-17(20)16(13-14)18(24)25-2/h8-9,13,15H,3-7,10-12H2,1-2H3,(H2,21,22,26)/t15-/m0/s1. The molecule has 0 bridgehead atoms. The van der Waals surface area contributed by atoms with Crippen molar-refractivity contribution in [1.29, 1.82) is 0 Å². The van der Waals surface area contributed by atoms with Crippen molar-refractivity contribution in [3.05, 3.63) is 28.8 Å². The largest absolute Gasteiger partial charge is 0.465 e. The predicted molar refractivity (Wildman–Crippen MR) is 111 cm³/mol. The third kappa shape index (κ3) is 6.11. The Kier molecular flexibility index (Phi) is 8.62. The van der Waals surface area contributed by atoms with E-state index in [0.29, 0.717) is 21.4 Å². The number of halogens is 1. The van der Waals surface area contributed by atoms with E-state index in [1.165, 1.54) is 39.3 Å². The fourth-order valence-corrected chi connectivity index (χ4v) is 3.76. The van der Waals surface area contributed by atoms with Gasteiger partial charge in [-0.3, -0.25) is 0 Å². The molecule has 1 aliphatic rings. The average Bonchev–Trinajstić information content (AvgIpc) is 2.66. The second kappa shape index (κ2) is 10.7. The average molecular weight is 398 g/mol. The van der Waals surface area contributed by atoms with Crippen LogP contribution in [0.15, 0.2) is 18.2 Å². The van der Waals surface area contributed by atoms with Crippen LogP contribution in [0, 0.1) is 0 Å². The molecule has 0 amide bonds. The van der Waals surface area contributed by atoms with Gasteiger partial charge in [-0.05, 0) is 62.6 Å². The number of carbonyl (C=O) groups excluding carboxylic acids is 1. The number of nitrogens with zero attached hydrogens (tertiary/aromatic N) is 1. The number of thiocarbonyl (C=S) groups is 1. The zero-order valence-electron chi connectivity index (χ0n) is 15.5. The van der Waals surface area contributed by atoms with Crippen LogP contribution < -0.4 is 10.6 Å². The third-order valence-electron chi connectivity index (χ3n) is 4.76. The highest BCUT2D eigenvalue weighted by atomic mass is 35.5. The number of ether oxygens (including phenoxy) is 1. The van der Waals surface area contributed by atoms with Gasteiger partial charge in [0, 0.05) is 24.8 Å². The molecule has 0 saturated carbocycles. The maximum atomic E-state index is 11.7. The first-order valence-corrected chi connectivity index (χ1v) is 10.0. The van der Waals surface area contributed by atoms with Gasteiger partial charge in [-0.15, -0.1) is 0 Å². The van der Waals surface area contributed by atoms with E-state index in [1.54, 1.807) is 18.2 Å². The molecule has 1 aliphatic heterocycles. The van der Waals surface area contributed by atoms with Crippen LogP contribution in [-0.2, 0) is 4.74 Å². The number of nitrogens with one attached hydrogen (secondary N) is 2. The number of likely N-dealkylation sites (tertiary alicyclic amines) is 1. The molecule has 1 fully saturated rings. The highest BCUT2D eigenvalue weighted by molar-refractivity contribution is 7.80. The predicted octanol–water partition coefficient (Wildman–Crippen LogP) is 4.07. The first kappa shape index (κ1) is 20.9. The van der Waals surface area contributed by atoms with E-state index in [-0.39, 0.29) is 0 Å². The van der Waals surface area contributed by atoms with E-state index < -0.39 is 5.97 Å². The number of carbonyl (C=O) groups is 1. The Morgan fingerprint density at radius 2 is 2.23 bits per heavy atom. The number of hydrogen-bond acceptors (Lipinski definition) is 4. The van der Waals surface area contributed by atoms with E-state index in [9.17, 15) is 4.79 Å². The summed E-state index contributed by atoms with van der Waals surface area (Å²) in [5, 5.41) is 7.20. The van der Waals surface area contributed by atoms with Gasteiger partial charge in [-0.2, -0.15) is 0 Å². The Morgan fingerprint density at radius 3 is 2.96 bits per heavy atom. The molecule has 5 nitrogen and oxygen atoms in total. The number of methoxy groups -OCH3 is 1. The molecule has 0 unspecified atom stereocenters. The van der Waals surface area contributed by atoms with Gasteiger partial charge in [0.1, 0.15) is 0 Å². The lowest BCUT2D eigenvalue weighted by Gasteiger charge is -2.35. The lowest BCUT2D eigenvalue weighted by Crippen LogP contribution is -2.40. The van der Waals surface area contributed by atoms with E-state index >= 15 is 0 Å². The number of piperidine rings is 1. The first-order chi connectivity index (χ1) is 12.5. The van der Waals surface area contributed by atoms with Gasteiger partial charge >= 0.3 is 5.97 Å². The second-order valence-corrected chi connectivity index (χ2v) is 7.33. The summed E-state index contributed by atoms with van der Waals surface area (Å²) < 4.78 is 4.73. The zero-order chi connectivity index (χ0) is 18.9. The number of esters is 1. The molecule has 26 heavy (non-hydrogen) atoms. The highest BCUT2D eigenvalue weighted by Crippen LogP contribution is 2.21. The van der Waals surface area contributed by atoms with Gasteiger partial charge in [-0.25, -0.2) is 4.79 Å². The van der Waals surface area contributed by atoms with Gasteiger partial charge in [0.2, 0.25) is 0 Å². The van der Waals surface area contributed by atoms with Crippen LogP contribution in [0.3, 0.4) is 0 Å². The molecule has 144 valence electrons. The topological polar surface area (TPSA) is 53.6 Å². The van der Waals surface area contributed by atoms with Gasteiger partial charge in [-0.1, -0.05) is 24.9 Å². The van der Waals surface area contributed by atoms with Crippen LogP contribution in [0.2, 0.25) is 5.02 Å². The molecule has 7 heteroatoms. The molecule has 2 rings (SSSR count). The van der Waals surface area contributed by atoms with Crippen molar-refractivity contribution < 1.29 is 9.53 Å². The monoisotopic (exact) mass is 397 g/mol. The van der Waals surface area contributed by atoms with Crippen molar-refractivity contribution in [3.63, 3.8) is 0 Å². The van der Waals surface area contributed by atoms with Crippen molar-refractivity contribution in [3.8, 4) is 0 Å². The fraction of sp³-hybridized carbons (Fsp3) is 0.579. The van der Waals surface area contributed by atoms with Crippen molar-refractivity contribution >= 4 is 40.6 Å². The Balaban J connectivity index is 1.76. The van der Waals surface area contributed by atoms with Crippen LogP contribution in [0.5, 0.6) is 0 Å². The molecule has 0 radical (unpaired) electrons. The summed E-state index contributed by atoms with van der Waals surface area (Å²) in [6.45, 7) is 5.40. The smallest absolute Gasteiger partial charge is 0.339 e. The normalized spacial score (nSPS) is 17.6. The van der Waals surface area contributed by atoms with Crippen molar-refractivity contribution in [2.75, 3.05) is 32.1 Å². The summed E-state index contributed by atoms with van der Waals surface area (Å²) in [4.78, 5) is 14.3. The number of benzene rings is 1. The fourth-order valence-electron chi connectivity index (χ4n) is 3.35. The lowest BCUT2D eigenvalue weighted by atomic mass is 10.00. The summed E-state index contributed by atoms with van der Waals surface area (Å²) >= 11 is 11.4.